The Hall–Kier alpha value is -1.02. The quantitative estimate of drug-likeness (QED) is 0.697. The van der Waals surface area contributed by atoms with Crippen LogP contribution in [0.15, 0.2) is 30.3 Å². The van der Waals surface area contributed by atoms with Crippen molar-refractivity contribution in [3.05, 3.63) is 35.9 Å². The van der Waals surface area contributed by atoms with Crippen LogP contribution in [-0.4, -0.2) is 53.3 Å². The van der Waals surface area contributed by atoms with E-state index in [4.69, 9.17) is 18.9 Å². The summed E-state index contributed by atoms with van der Waals surface area (Å²) in [5, 5.41) is 19.7. The van der Waals surface area contributed by atoms with Crippen LogP contribution in [0.5, 0.6) is 0 Å². The maximum Gasteiger partial charge on any atom is 0.201 e. The van der Waals surface area contributed by atoms with Crippen molar-refractivity contribution in [1.82, 2.24) is 0 Å². The van der Waals surface area contributed by atoms with Crippen molar-refractivity contribution >= 4 is 0 Å². The molecule has 0 aliphatic carbocycles. The molecule has 6 heteroatoms. The summed E-state index contributed by atoms with van der Waals surface area (Å²) in [7, 11) is 0. The highest BCUT2D eigenvalue weighted by atomic mass is 16.9. The second-order valence-electron chi connectivity index (χ2n) is 7.18. The monoisotopic (exact) mass is 352 g/mol. The Labute approximate surface area is 148 Å². The molecule has 25 heavy (non-hydrogen) atoms. The van der Waals surface area contributed by atoms with E-state index in [9.17, 15) is 10.2 Å². The molecule has 1 aromatic rings. The van der Waals surface area contributed by atoms with Crippen molar-refractivity contribution in [1.29, 1.82) is 0 Å². The molecule has 2 fully saturated rings. The number of benzene rings is 1. The first-order valence-corrected chi connectivity index (χ1v) is 8.92. The first-order valence-electron chi connectivity index (χ1n) is 8.92. The molecule has 4 atom stereocenters. The van der Waals surface area contributed by atoms with Crippen molar-refractivity contribution in [3.8, 4) is 0 Å². The summed E-state index contributed by atoms with van der Waals surface area (Å²) in [6, 6.07) is 10.1. The normalized spacial score (nSPS) is 33.5. The Balaban J connectivity index is 1.46. The van der Waals surface area contributed by atoms with Gasteiger partial charge in [-0.15, -0.1) is 0 Å². The maximum atomic E-state index is 10.3. The van der Waals surface area contributed by atoms with Crippen LogP contribution in [0, 0.1) is 0 Å². The van der Waals surface area contributed by atoms with Gasteiger partial charge in [0.2, 0.25) is 5.79 Å². The van der Waals surface area contributed by atoms with E-state index in [0.717, 1.165) is 18.4 Å². The molecule has 2 aliphatic heterocycles. The largest absolute Gasteiger partial charge is 0.394 e. The number of fused-ring (bicyclic) bond motifs is 1. The van der Waals surface area contributed by atoms with Gasteiger partial charge in [0.25, 0.3) is 0 Å². The lowest BCUT2D eigenvalue weighted by molar-refractivity contribution is -0.268. The lowest BCUT2D eigenvalue weighted by Gasteiger charge is -2.28. The van der Waals surface area contributed by atoms with E-state index in [1.54, 1.807) is 13.8 Å². The third-order valence-electron chi connectivity index (χ3n) is 4.66. The van der Waals surface area contributed by atoms with Gasteiger partial charge in [0.15, 0.2) is 5.79 Å². The maximum absolute atomic E-state index is 10.3. The van der Waals surface area contributed by atoms with Gasteiger partial charge in [0.05, 0.1) is 13.2 Å². The van der Waals surface area contributed by atoms with Crippen LogP contribution in [0.25, 0.3) is 0 Å². The van der Waals surface area contributed by atoms with E-state index in [0.29, 0.717) is 19.6 Å². The average Bonchev–Trinajstić information content (AvgIpc) is 3.00. The van der Waals surface area contributed by atoms with Gasteiger partial charge >= 0.3 is 0 Å². The Morgan fingerprint density at radius 1 is 1.12 bits per heavy atom. The number of rotatable bonds is 8. The standard InChI is InChI=1S/C19H28O6/c1-18(2)24-17-16(21)15(12-20)23-19(17,25-18)10-6-7-11-22-13-14-8-4-3-5-9-14/h3-5,8-9,15-17,20-21H,6-7,10-13H2,1-2H3/t15-,16+,17-,19-/m0/s1. The molecular formula is C19H28O6. The topological polar surface area (TPSA) is 77.4 Å². The van der Waals surface area contributed by atoms with Crippen molar-refractivity contribution in [2.24, 2.45) is 0 Å². The molecule has 1 aromatic carbocycles. The molecule has 6 nitrogen and oxygen atoms in total. The highest BCUT2D eigenvalue weighted by Gasteiger charge is 2.63. The van der Waals surface area contributed by atoms with Crippen molar-refractivity contribution < 1.29 is 29.2 Å². The van der Waals surface area contributed by atoms with Crippen LogP contribution in [0.3, 0.4) is 0 Å². The van der Waals surface area contributed by atoms with E-state index in [2.05, 4.69) is 0 Å². The number of unbranched alkanes of at least 4 members (excludes halogenated alkanes) is 1. The Morgan fingerprint density at radius 2 is 1.88 bits per heavy atom. The van der Waals surface area contributed by atoms with E-state index >= 15 is 0 Å². The Kier molecular flexibility index (Phi) is 5.78. The summed E-state index contributed by atoms with van der Waals surface area (Å²) >= 11 is 0. The van der Waals surface area contributed by atoms with Gasteiger partial charge in [0.1, 0.15) is 18.3 Å². The summed E-state index contributed by atoms with van der Waals surface area (Å²) in [6.45, 7) is 4.60. The summed E-state index contributed by atoms with van der Waals surface area (Å²) in [6.07, 6.45) is 0.120. The molecule has 0 unspecified atom stereocenters. The fourth-order valence-corrected chi connectivity index (χ4v) is 3.57. The highest BCUT2D eigenvalue weighted by Crippen LogP contribution is 2.47. The SMILES string of the molecule is CC1(C)O[C@H]2[C@H](O)[C@H](CO)O[C@@]2(CCCCOCc2ccccc2)O1. The van der Waals surface area contributed by atoms with E-state index in [-0.39, 0.29) is 6.61 Å². The lowest BCUT2D eigenvalue weighted by Crippen LogP contribution is -2.40. The minimum absolute atomic E-state index is 0.257. The molecular weight excluding hydrogens is 324 g/mol. The van der Waals surface area contributed by atoms with Crippen molar-refractivity contribution in [2.75, 3.05) is 13.2 Å². The van der Waals surface area contributed by atoms with Crippen LogP contribution in [-0.2, 0) is 25.6 Å². The first kappa shape index (κ1) is 18.8. The molecule has 0 bridgehead atoms. The van der Waals surface area contributed by atoms with Gasteiger partial charge in [-0.1, -0.05) is 30.3 Å². The van der Waals surface area contributed by atoms with Gasteiger partial charge in [-0.25, -0.2) is 0 Å². The molecule has 0 spiro atoms. The number of hydrogen-bond acceptors (Lipinski definition) is 6. The molecule has 0 amide bonds. The third kappa shape index (κ3) is 4.22. The number of aliphatic hydroxyl groups excluding tert-OH is 2. The van der Waals surface area contributed by atoms with Crippen molar-refractivity contribution in [3.63, 3.8) is 0 Å². The molecule has 2 heterocycles. The second-order valence-corrected chi connectivity index (χ2v) is 7.18. The predicted molar refractivity (Wildman–Crippen MR) is 90.7 cm³/mol. The zero-order valence-electron chi connectivity index (χ0n) is 14.9. The van der Waals surface area contributed by atoms with E-state index in [1.807, 2.05) is 30.3 Å². The molecule has 0 radical (unpaired) electrons. The van der Waals surface area contributed by atoms with E-state index in [1.165, 1.54) is 0 Å². The van der Waals surface area contributed by atoms with Crippen molar-refractivity contribution in [2.45, 2.75) is 69.6 Å². The molecule has 0 saturated carbocycles. The van der Waals surface area contributed by atoms with Crippen LogP contribution in [0.2, 0.25) is 0 Å². The smallest absolute Gasteiger partial charge is 0.201 e. The minimum atomic E-state index is -0.990. The third-order valence-corrected chi connectivity index (χ3v) is 4.66. The number of hydrogen-bond donors (Lipinski definition) is 2. The summed E-state index contributed by atoms with van der Waals surface area (Å²) < 4.78 is 23.4. The highest BCUT2D eigenvalue weighted by molar-refractivity contribution is 5.13. The average molecular weight is 352 g/mol. The van der Waals surface area contributed by atoms with Gasteiger partial charge in [-0.05, 0) is 32.3 Å². The summed E-state index contributed by atoms with van der Waals surface area (Å²) in [4.78, 5) is 0. The summed E-state index contributed by atoms with van der Waals surface area (Å²) in [5.41, 5.74) is 1.16. The van der Waals surface area contributed by atoms with Crippen LogP contribution in [0.4, 0.5) is 0 Å². The van der Waals surface area contributed by atoms with E-state index < -0.39 is 29.9 Å². The van der Waals surface area contributed by atoms with Crippen LogP contribution < -0.4 is 0 Å². The fourth-order valence-electron chi connectivity index (χ4n) is 3.57. The molecule has 2 aliphatic rings. The number of ether oxygens (including phenoxy) is 4. The van der Waals surface area contributed by atoms with Crippen LogP contribution >= 0.6 is 0 Å². The van der Waals surface area contributed by atoms with Gasteiger partial charge in [-0.3, -0.25) is 0 Å². The fraction of sp³-hybridized carbons (Fsp3) is 0.684. The number of aliphatic hydroxyl groups is 2. The zero-order chi connectivity index (χ0) is 17.9. The Bertz CT molecular complexity index is 548. The second kappa shape index (κ2) is 7.70. The van der Waals surface area contributed by atoms with Gasteiger partial charge < -0.3 is 29.2 Å². The molecule has 3 rings (SSSR count). The van der Waals surface area contributed by atoms with Gasteiger partial charge in [-0.2, -0.15) is 0 Å². The minimum Gasteiger partial charge on any atom is -0.394 e. The lowest BCUT2D eigenvalue weighted by atomic mass is 10.0. The summed E-state index contributed by atoms with van der Waals surface area (Å²) in [5.74, 6) is -1.80. The molecule has 2 N–H and O–H groups in total. The molecule has 140 valence electrons. The zero-order valence-corrected chi connectivity index (χ0v) is 14.9. The Morgan fingerprint density at radius 3 is 2.60 bits per heavy atom. The first-order chi connectivity index (χ1) is 12.0. The molecule has 2 saturated heterocycles. The van der Waals surface area contributed by atoms with Gasteiger partial charge in [0, 0.05) is 13.0 Å². The molecule has 0 aromatic heterocycles. The van der Waals surface area contributed by atoms with Crippen LogP contribution in [0.1, 0.15) is 38.7 Å². The predicted octanol–water partition coefficient (Wildman–Crippen LogP) is 1.97.